The van der Waals surface area contributed by atoms with Gasteiger partial charge in [0.05, 0.1) is 0 Å². The lowest BCUT2D eigenvalue weighted by molar-refractivity contribution is 0.156. The Morgan fingerprint density at radius 2 is 2.00 bits per heavy atom. The fourth-order valence-electron chi connectivity index (χ4n) is 1.78. The third-order valence-corrected chi connectivity index (χ3v) is 2.74. The van der Waals surface area contributed by atoms with Crippen LogP contribution in [0.3, 0.4) is 0 Å². The van der Waals surface area contributed by atoms with Crippen molar-refractivity contribution < 1.29 is 4.79 Å². The van der Waals surface area contributed by atoms with Crippen molar-refractivity contribution in [1.82, 2.24) is 20.3 Å². The minimum absolute atomic E-state index is 0.0282. The molecule has 6 nitrogen and oxygen atoms in total. The van der Waals surface area contributed by atoms with Crippen LogP contribution in [0.15, 0.2) is 19.0 Å². The van der Waals surface area contributed by atoms with Crippen LogP contribution < -0.4 is 10.9 Å². The number of rotatable bonds is 5. The number of hydrazine groups is 1. The lowest BCUT2D eigenvalue weighted by atomic mass is 9.95. The van der Waals surface area contributed by atoms with Gasteiger partial charge in [0.15, 0.2) is 5.82 Å². The number of nitrogens with zero attached hydrogens (tertiary/aromatic N) is 3. The highest BCUT2D eigenvalue weighted by molar-refractivity contribution is 5.76. The van der Waals surface area contributed by atoms with Crippen LogP contribution in [-0.4, -0.2) is 33.5 Å². The molecular formula is C15H25N5O. The van der Waals surface area contributed by atoms with E-state index in [1.807, 2.05) is 13.8 Å². The van der Waals surface area contributed by atoms with Crippen molar-refractivity contribution in [3.63, 3.8) is 0 Å². The lowest BCUT2D eigenvalue weighted by Crippen LogP contribution is -2.49. The number of amides is 2. The average molecular weight is 291 g/mol. The highest BCUT2D eigenvalue weighted by Gasteiger charge is 2.23. The molecule has 2 amide bonds. The highest BCUT2D eigenvalue weighted by atomic mass is 16.2. The molecule has 1 heterocycles. The maximum Gasteiger partial charge on any atom is 0.336 e. The van der Waals surface area contributed by atoms with Crippen LogP contribution in [0, 0.1) is 5.41 Å². The molecule has 0 aliphatic heterocycles. The van der Waals surface area contributed by atoms with Crippen LogP contribution >= 0.6 is 0 Å². The number of carbonyl (C=O) groups excluding carboxylic acids is 1. The number of hydrogen-bond acceptors (Lipinski definition) is 4. The van der Waals surface area contributed by atoms with Gasteiger partial charge in [0.25, 0.3) is 0 Å². The number of carbonyl (C=O) groups is 1. The second-order valence-electron chi connectivity index (χ2n) is 6.33. The number of anilines is 1. The molecule has 0 aliphatic carbocycles. The fraction of sp³-hybridized carbons (Fsp3) is 0.533. The Kier molecular flexibility index (Phi) is 5.69. The van der Waals surface area contributed by atoms with E-state index in [4.69, 9.17) is 0 Å². The molecule has 0 aliphatic rings. The van der Waals surface area contributed by atoms with Crippen molar-refractivity contribution in [1.29, 1.82) is 0 Å². The molecule has 0 atom stereocenters. The van der Waals surface area contributed by atoms with Crippen molar-refractivity contribution in [2.45, 2.75) is 40.7 Å². The second kappa shape index (κ2) is 7.06. The SMILES string of the molecule is C=Cc1nccnc1NNC(=O)N(CC(C)(C)C)C(C)C. The molecule has 0 saturated heterocycles. The first-order valence-corrected chi connectivity index (χ1v) is 7.00. The van der Waals surface area contributed by atoms with E-state index in [9.17, 15) is 4.79 Å². The van der Waals surface area contributed by atoms with E-state index in [2.05, 4.69) is 48.2 Å². The van der Waals surface area contributed by atoms with Crippen LogP contribution in [0.1, 0.15) is 40.3 Å². The molecule has 0 unspecified atom stereocenters. The molecule has 0 aromatic carbocycles. The summed E-state index contributed by atoms with van der Waals surface area (Å²) in [6.45, 7) is 14.6. The summed E-state index contributed by atoms with van der Waals surface area (Å²) in [5.41, 5.74) is 6.08. The fourth-order valence-corrected chi connectivity index (χ4v) is 1.78. The second-order valence-corrected chi connectivity index (χ2v) is 6.33. The van der Waals surface area contributed by atoms with Gasteiger partial charge in [-0.05, 0) is 25.3 Å². The summed E-state index contributed by atoms with van der Waals surface area (Å²) in [7, 11) is 0. The van der Waals surface area contributed by atoms with Crippen molar-refractivity contribution in [2.24, 2.45) is 5.41 Å². The number of hydrogen-bond donors (Lipinski definition) is 2. The number of urea groups is 1. The van der Waals surface area contributed by atoms with Crippen LogP contribution in [-0.2, 0) is 0 Å². The molecule has 1 aromatic heterocycles. The Hall–Kier alpha value is -2.11. The molecule has 116 valence electrons. The lowest BCUT2D eigenvalue weighted by Gasteiger charge is -2.33. The molecule has 0 bridgehead atoms. The summed E-state index contributed by atoms with van der Waals surface area (Å²) >= 11 is 0. The Labute approximate surface area is 126 Å². The van der Waals surface area contributed by atoms with Gasteiger partial charge in [-0.15, -0.1) is 0 Å². The predicted octanol–water partition coefficient (Wildman–Crippen LogP) is 2.91. The van der Waals surface area contributed by atoms with Crippen LogP contribution in [0.2, 0.25) is 0 Å². The summed E-state index contributed by atoms with van der Waals surface area (Å²) in [5, 5.41) is 0. The quantitative estimate of drug-likeness (QED) is 0.818. The van der Waals surface area contributed by atoms with Crippen LogP contribution in [0.25, 0.3) is 6.08 Å². The van der Waals surface area contributed by atoms with Gasteiger partial charge < -0.3 is 4.90 Å². The van der Waals surface area contributed by atoms with E-state index in [-0.39, 0.29) is 17.5 Å². The molecule has 0 radical (unpaired) electrons. The average Bonchev–Trinajstić information content (AvgIpc) is 2.41. The normalized spacial score (nSPS) is 11.1. The first kappa shape index (κ1) is 16.9. The summed E-state index contributed by atoms with van der Waals surface area (Å²) in [4.78, 5) is 22.3. The van der Waals surface area contributed by atoms with E-state index < -0.39 is 0 Å². The summed E-state index contributed by atoms with van der Waals surface area (Å²) < 4.78 is 0. The first-order valence-electron chi connectivity index (χ1n) is 7.00. The molecule has 2 N–H and O–H groups in total. The molecule has 0 spiro atoms. The maximum atomic E-state index is 12.3. The standard InChI is InChI=1S/C15H25N5O/c1-7-12-13(17-9-8-16-12)18-19-14(21)20(11(2)3)10-15(4,5)6/h7-9,11H,1,10H2,2-6H3,(H,17,18)(H,19,21). The third kappa shape index (κ3) is 5.41. The van der Waals surface area contributed by atoms with Crippen molar-refractivity contribution in [3.8, 4) is 0 Å². The van der Waals surface area contributed by atoms with Crippen LogP contribution in [0.4, 0.5) is 10.6 Å². The minimum atomic E-state index is -0.194. The smallest absolute Gasteiger partial charge is 0.320 e. The van der Waals surface area contributed by atoms with Crippen molar-refractivity contribution >= 4 is 17.9 Å². The molecular weight excluding hydrogens is 266 g/mol. The van der Waals surface area contributed by atoms with Gasteiger partial charge in [0, 0.05) is 25.0 Å². The third-order valence-electron chi connectivity index (χ3n) is 2.74. The van der Waals surface area contributed by atoms with Crippen molar-refractivity contribution in [3.05, 3.63) is 24.7 Å². The van der Waals surface area contributed by atoms with Crippen molar-refractivity contribution in [2.75, 3.05) is 12.0 Å². The van der Waals surface area contributed by atoms with Gasteiger partial charge in [0.1, 0.15) is 5.69 Å². The number of nitrogens with one attached hydrogen (secondary N) is 2. The Balaban J connectivity index is 2.72. The zero-order chi connectivity index (χ0) is 16.0. The van der Waals surface area contributed by atoms with E-state index >= 15 is 0 Å². The molecule has 0 fully saturated rings. The number of aromatic nitrogens is 2. The van der Waals surface area contributed by atoms with E-state index in [1.54, 1.807) is 23.4 Å². The molecule has 6 heteroatoms. The Morgan fingerprint density at radius 3 is 2.52 bits per heavy atom. The summed E-state index contributed by atoms with van der Waals surface area (Å²) in [6, 6.07) is -0.0904. The minimum Gasteiger partial charge on any atom is -0.320 e. The van der Waals surface area contributed by atoms with Gasteiger partial charge in [-0.1, -0.05) is 27.4 Å². The van der Waals surface area contributed by atoms with Gasteiger partial charge in [0.2, 0.25) is 0 Å². The molecule has 1 aromatic rings. The van der Waals surface area contributed by atoms with Gasteiger partial charge in [-0.2, -0.15) is 0 Å². The summed E-state index contributed by atoms with van der Waals surface area (Å²) in [6.07, 6.45) is 4.71. The largest absolute Gasteiger partial charge is 0.336 e. The van der Waals surface area contributed by atoms with Crippen LogP contribution in [0.5, 0.6) is 0 Å². The monoisotopic (exact) mass is 291 g/mol. The van der Waals surface area contributed by atoms with Gasteiger partial charge in [-0.25, -0.2) is 9.78 Å². The molecule has 21 heavy (non-hydrogen) atoms. The van der Waals surface area contributed by atoms with E-state index in [0.717, 1.165) is 0 Å². The van der Waals surface area contributed by atoms with Gasteiger partial charge in [-0.3, -0.25) is 15.8 Å². The first-order chi connectivity index (χ1) is 9.74. The zero-order valence-corrected chi connectivity index (χ0v) is 13.5. The topological polar surface area (TPSA) is 70.1 Å². The Morgan fingerprint density at radius 1 is 1.38 bits per heavy atom. The molecule has 1 rings (SSSR count). The van der Waals surface area contributed by atoms with E-state index in [0.29, 0.717) is 18.1 Å². The zero-order valence-electron chi connectivity index (χ0n) is 13.5. The maximum absolute atomic E-state index is 12.3. The summed E-state index contributed by atoms with van der Waals surface area (Å²) in [5.74, 6) is 0.473. The van der Waals surface area contributed by atoms with Gasteiger partial charge >= 0.3 is 6.03 Å². The predicted molar refractivity (Wildman–Crippen MR) is 85.6 cm³/mol. The molecule has 0 saturated carbocycles. The highest BCUT2D eigenvalue weighted by Crippen LogP contribution is 2.17. The van der Waals surface area contributed by atoms with E-state index in [1.165, 1.54) is 0 Å². The Bertz CT molecular complexity index is 493.